The van der Waals surface area contributed by atoms with E-state index in [1.807, 2.05) is 6.92 Å². The van der Waals surface area contributed by atoms with E-state index < -0.39 is 8.07 Å². The molecule has 0 saturated heterocycles. The SMILES string of the molecule is C=C[C@H]1CCCC[C@@H]1/C=C(/C[Si](C)(C)C)C(=O)OCC. The minimum absolute atomic E-state index is 0.108. The topological polar surface area (TPSA) is 26.3 Å². The molecule has 0 aromatic heterocycles. The predicted molar refractivity (Wildman–Crippen MR) is 88.5 cm³/mol. The number of hydrogen-bond acceptors (Lipinski definition) is 2. The van der Waals surface area contributed by atoms with Crippen molar-refractivity contribution in [1.29, 1.82) is 0 Å². The highest BCUT2D eigenvalue weighted by molar-refractivity contribution is 6.77. The van der Waals surface area contributed by atoms with Crippen molar-refractivity contribution in [2.75, 3.05) is 6.61 Å². The molecule has 0 radical (unpaired) electrons. The van der Waals surface area contributed by atoms with Crippen LogP contribution in [-0.4, -0.2) is 20.7 Å². The molecule has 1 aliphatic rings. The van der Waals surface area contributed by atoms with E-state index in [0.717, 1.165) is 11.6 Å². The summed E-state index contributed by atoms with van der Waals surface area (Å²) < 4.78 is 5.25. The number of esters is 1. The Morgan fingerprint density at radius 2 is 1.85 bits per heavy atom. The third-order valence-electron chi connectivity index (χ3n) is 3.85. The van der Waals surface area contributed by atoms with Crippen molar-refractivity contribution in [2.45, 2.75) is 58.3 Å². The Bertz CT molecular complexity index is 366. The van der Waals surface area contributed by atoms with Gasteiger partial charge in [0.1, 0.15) is 0 Å². The average Bonchev–Trinajstić information content (AvgIpc) is 2.37. The fourth-order valence-corrected chi connectivity index (χ4v) is 4.35. The van der Waals surface area contributed by atoms with Crippen molar-refractivity contribution in [1.82, 2.24) is 0 Å². The summed E-state index contributed by atoms with van der Waals surface area (Å²) in [6, 6.07) is 0.909. The lowest BCUT2D eigenvalue weighted by Crippen LogP contribution is -2.25. The molecule has 2 nitrogen and oxygen atoms in total. The maximum absolute atomic E-state index is 12.2. The lowest BCUT2D eigenvalue weighted by molar-refractivity contribution is -0.138. The van der Waals surface area contributed by atoms with Gasteiger partial charge in [-0.3, -0.25) is 0 Å². The minimum Gasteiger partial charge on any atom is -0.463 e. The number of allylic oxidation sites excluding steroid dienone is 2. The molecule has 1 saturated carbocycles. The van der Waals surface area contributed by atoms with Gasteiger partial charge in [0.15, 0.2) is 0 Å². The zero-order chi connectivity index (χ0) is 15.2. The van der Waals surface area contributed by atoms with Crippen LogP contribution in [0.2, 0.25) is 25.7 Å². The first-order chi connectivity index (χ1) is 9.37. The first-order valence-electron chi connectivity index (χ1n) is 7.87. The fourth-order valence-electron chi connectivity index (χ4n) is 2.94. The standard InChI is InChI=1S/C17H30O2Si/c1-6-14-10-8-9-11-15(14)12-16(13-20(3,4)5)17(18)19-7-2/h6,12,14-15H,1,7-11,13H2,2-5H3/b16-12-/t14-,15+/m0/s1. The second-order valence-electron chi connectivity index (χ2n) is 7.00. The first kappa shape index (κ1) is 17.2. The molecule has 2 atom stereocenters. The third-order valence-corrected chi connectivity index (χ3v) is 5.29. The van der Waals surface area contributed by atoms with Crippen LogP contribution >= 0.6 is 0 Å². The van der Waals surface area contributed by atoms with Crippen molar-refractivity contribution in [3.8, 4) is 0 Å². The van der Waals surface area contributed by atoms with E-state index in [1.54, 1.807) is 0 Å². The molecule has 0 aromatic carbocycles. The maximum atomic E-state index is 12.2. The lowest BCUT2D eigenvalue weighted by Gasteiger charge is -2.28. The molecule has 1 aliphatic carbocycles. The molecule has 0 unspecified atom stereocenters. The van der Waals surface area contributed by atoms with Crippen molar-refractivity contribution in [3.05, 3.63) is 24.3 Å². The predicted octanol–water partition coefficient (Wildman–Crippen LogP) is 4.81. The summed E-state index contributed by atoms with van der Waals surface area (Å²) in [5, 5.41) is 0. The molecule has 0 N–H and O–H groups in total. The van der Waals surface area contributed by atoms with Gasteiger partial charge in [-0.25, -0.2) is 4.79 Å². The second-order valence-corrected chi connectivity index (χ2v) is 12.5. The number of rotatable bonds is 6. The molecule has 3 heteroatoms. The second kappa shape index (κ2) is 7.82. The molecule has 0 amide bonds. The molecule has 1 rings (SSSR count). The van der Waals surface area contributed by atoms with Crippen LogP contribution in [0.3, 0.4) is 0 Å². The van der Waals surface area contributed by atoms with Gasteiger partial charge in [0, 0.05) is 13.6 Å². The van der Waals surface area contributed by atoms with Crippen LogP contribution in [0.5, 0.6) is 0 Å². The highest BCUT2D eigenvalue weighted by atomic mass is 28.3. The van der Waals surface area contributed by atoms with Gasteiger partial charge < -0.3 is 4.74 Å². The fraction of sp³-hybridized carbons (Fsp3) is 0.706. The van der Waals surface area contributed by atoms with Crippen molar-refractivity contribution in [2.24, 2.45) is 11.8 Å². The molecule has 0 bridgehead atoms. The van der Waals surface area contributed by atoms with E-state index in [-0.39, 0.29) is 5.97 Å². The van der Waals surface area contributed by atoms with E-state index >= 15 is 0 Å². The minimum atomic E-state index is -1.32. The number of hydrogen-bond donors (Lipinski definition) is 0. The average molecular weight is 295 g/mol. The summed E-state index contributed by atoms with van der Waals surface area (Å²) in [4.78, 5) is 12.2. The van der Waals surface area contributed by atoms with Crippen molar-refractivity contribution < 1.29 is 9.53 Å². The Morgan fingerprint density at radius 3 is 2.35 bits per heavy atom. The van der Waals surface area contributed by atoms with Gasteiger partial charge in [-0.05, 0) is 37.6 Å². The molecule has 0 aliphatic heterocycles. The van der Waals surface area contributed by atoms with E-state index in [0.29, 0.717) is 18.4 Å². The molecular weight excluding hydrogens is 264 g/mol. The van der Waals surface area contributed by atoms with Crippen LogP contribution in [-0.2, 0) is 9.53 Å². The van der Waals surface area contributed by atoms with Crippen LogP contribution in [0, 0.1) is 11.8 Å². The Kier molecular flexibility index (Phi) is 6.73. The summed E-state index contributed by atoms with van der Waals surface area (Å²) in [7, 11) is -1.32. The van der Waals surface area contributed by atoms with Gasteiger partial charge in [0.2, 0.25) is 0 Å². The molecule has 1 fully saturated rings. The Balaban J connectivity index is 2.91. The summed E-state index contributed by atoms with van der Waals surface area (Å²) in [6.07, 6.45) is 9.19. The summed E-state index contributed by atoms with van der Waals surface area (Å²) in [5.74, 6) is 0.884. The largest absolute Gasteiger partial charge is 0.463 e. The van der Waals surface area contributed by atoms with Crippen LogP contribution in [0.25, 0.3) is 0 Å². The zero-order valence-electron chi connectivity index (χ0n) is 13.6. The Labute approximate surface area is 125 Å². The van der Waals surface area contributed by atoms with E-state index in [9.17, 15) is 4.79 Å². The summed E-state index contributed by atoms with van der Waals surface area (Å²) in [5.41, 5.74) is 0.907. The molecular formula is C17H30O2Si. The highest BCUT2D eigenvalue weighted by Gasteiger charge is 2.26. The monoisotopic (exact) mass is 294 g/mol. The van der Waals surface area contributed by atoms with Gasteiger partial charge >= 0.3 is 5.97 Å². The smallest absolute Gasteiger partial charge is 0.333 e. The molecule has 114 valence electrons. The number of carbonyl (C=O) groups excluding carboxylic acids is 1. The normalized spacial score (nSPS) is 24.3. The van der Waals surface area contributed by atoms with Crippen LogP contribution in [0.1, 0.15) is 32.6 Å². The molecule has 0 aromatic rings. The quantitative estimate of drug-likeness (QED) is 0.304. The number of carbonyl (C=O) groups is 1. The molecule has 0 spiro atoms. The van der Waals surface area contributed by atoms with Gasteiger partial charge in [0.25, 0.3) is 0 Å². The van der Waals surface area contributed by atoms with Gasteiger partial charge in [-0.2, -0.15) is 0 Å². The lowest BCUT2D eigenvalue weighted by atomic mass is 9.78. The van der Waals surface area contributed by atoms with Crippen LogP contribution in [0.15, 0.2) is 24.3 Å². The maximum Gasteiger partial charge on any atom is 0.333 e. The van der Waals surface area contributed by atoms with Gasteiger partial charge in [-0.15, -0.1) is 6.58 Å². The van der Waals surface area contributed by atoms with Crippen LogP contribution in [0.4, 0.5) is 0 Å². The van der Waals surface area contributed by atoms with Crippen molar-refractivity contribution >= 4 is 14.0 Å². The van der Waals surface area contributed by atoms with E-state index in [4.69, 9.17) is 4.74 Å². The van der Waals surface area contributed by atoms with E-state index in [1.165, 1.54) is 25.7 Å². The molecule has 20 heavy (non-hydrogen) atoms. The first-order valence-corrected chi connectivity index (χ1v) is 11.6. The highest BCUT2D eigenvalue weighted by Crippen LogP contribution is 2.33. The Morgan fingerprint density at radius 1 is 1.25 bits per heavy atom. The van der Waals surface area contributed by atoms with Crippen LogP contribution < -0.4 is 0 Å². The van der Waals surface area contributed by atoms with E-state index in [2.05, 4.69) is 38.4 Å². The summed E-state index contributed by atoms with van der Waals surface area (Å²) in [6.45, 7) is 13.2. The Hall–Kier alpha value is -0.833. The van der Waals surface area contributed by atoms with Gasteiger partial charge in [-0.1, -0.05) is 44.6 Å². The molecule has 0 heterocycles. The van der Waals surface area contributed by atoms with Crippen molar-refractivity contribution in [3.63, 3.8) is 0 Å². The van der Waals surface area contributed by atoms with Gasteiger partial charge in [0.05, 0.1) is 6.61 Å². The number of ether oxygens (including phenoxy) is 1. The third kappa shape index (κ3) is 5.66. The summed E-state index contributed by atoms with van der Waals surface area (Å²) >= 11 is 0. The zero-order valence-corrected chi connectivity index (χ0v) is 14.6.